The van der Waals surface area contributed by atoms with Gasteiger partial charge in [0.2, 0.25) is 0 Å². The number of ether oxygens (including phenoxy) is 1. The van der Waals surface area contributed by atoms with Crippen LogP contribution < -0.4 is 21.5 Å². The Morgan fingerprint density at radius 3 is 2.65 bits per heavy atom. The maximum absolute atomic E-state index is 13.4. The number of hydrogen-bond donors (Lipinski definition) is 5. The number of carbonyl (C=O) groups excluding carboxylic acids is 2. The monoisotopic (exact) mass is 679 g/mol. The summed E-state index contributed by atoms with van der Waals surface area (Å²) in [5, 5.41) is 19.0. The number of aryl methyl sites for hydroxylation is 1. The van der Waals surface area contributed by atoms with Crippen molar-refractivity contribution in [1.82, 2.24) is 15.4 Å². The number of aliphatic hydroxyl groups is 1. The highest BCUT2D eigenvalue weighted by Crippen LogP contribution is 2.36. The van der Waals surface area contributed by atoms with E-state index in [4.69, 9.17) is 25.6 Å². The molecule has 0 bridgehead atoms. The van der Waals surface area contributed by atoms with Crippen molar-refractivity contribution in [1.29, 1.82) is 0 Å². The summed E-state index contributed by atoms with van der Waals surface area (Å²) in [4.78, 5) is 40.6. The van der Waals surface area contributed by atoms with Gasteiger partial charge in [-0.05, 0) is 76.1 Å². The van der Waals surface area contributed by atoms with E-state index in [1.165, 1.54) is 19.2 Å². The fourth-order valence-corrected chi connectivity index (χ4v) is 6.58. The van der Waals surface area contributed by atoms with E-state index >= 15 is 0 Å². The zero-order valence-corrected chi connectivity index (χ0v) is 27.3. The van der Waals surface area contributed by atoms with E-state index in [9.17, 15) is 23.1 Å². The number of amides is 2. The van der Waals surface area contributed by atoms with Gasteiger partial charge in [-0.3, -0.25) is 19.1 Å². The molecule has 1 saturated carbocycles. The lowest BCUT2D eigenvalue weighted by molar-refractivity contribution is -0.218. The number of fused-ring (bicyclic) bond motifs is 1. The molecule has 250 valence electrons. The van der Waals surface area contributed by atoms with Crippen molar-refractivity contribution in [2.24, 2.45) is 21.8 Å². The largest absolute Gasteiger partial charge is 0.486 e. The lowest BCUT2D eigenvalue weighted by Crippen LogP contribution is -2.76. The Balaban J connectivity index is 1.32. The van der Waals surface area contributed by atoms with Crippen molar-refractivity contribution in [3.05, 3.63) is 40.4 Å². The predicted molar refractivity (Wildman–Crippen MR) is 167 cm³/mol. The number of rotatable bonds is 11. The van der Waals surface area contributed by atoms with E-state index in [0.29, 0.717) is 35.4 Å². The van der Waals surface area contributed by atoms with Gasteiger partial charge in [0.15, 0.2) is 16.4 Å². The number of carbonyl (C=O) groups is 2. The Labute approximate surface area is 269 Å². The Hall–Kier alpha value is -3.84. The number of thiazole rings is 1. The molecule has 46 heavy (non-hydrogen) atoms. The molecule has 0 unspecified atom stereocenters. The van der Waals surface area contributed by atoms with Crippen LogP contribution in [0.1, 0.15) is 63.8 Å². The standard InChI is InChI=1S/C28H37N7O9S2/c1-14-9-17(10-14)31-23(29)16-5-7-19-15(11-16)6-8-20(42-19)28(4,13-36)43-34-21(18-12-45-26(30)32-18)24(37)33-22-25(38)35(27(22,2)3)44-46(39,40)41/h5,7,11-12,14,17,20,22,36H,6,8-10,13H2,1-4H3,(H2,29,31)(H2,30,32)(H,33,37)(H,39,40,41)/b34-21-/t14?,17?,20-,22-,28-/m1/s1. The molecule has 1 aromatic carbocycles. The molecule has 3 heterocycles. The molecular weight excluding hydrogens is 642 g/mol. The number of hydrogen-bond acceptors (Lipinski definition) is 13. The third kappa shape index (κ3) is 6.80. The first kappa shape index (κ1) is 33.5. The molecule has 2 fully saturated rings. The number of aliphatic imine (C=N–C) groups is 1. The molecule has 0 radical (unpaired) electrons. The van der Waals surface area contributed by atoms with E-state index in [1.54, 1.807) is 13.0 Å². The molecule has 2 aromatic rings. The van der Waals surface area contributed by atoms with Crippen LogP contribution in [0.4, 0.5) is 5.13 Å². The summed E-state index contributed by atoms with van der Waals surface area (Å²) in [6.07, 6.45) is 2.41. The van der Waals surface area contributed by atoms with Crippen LogP contribution in [-0.4, -0.2) is 87.4 Å². The number of aromatic nitrogens is 1. The average molecular weight is 680 g/mol. The van der Waals surface area contributed by atoms with Crippen LogP contribution in [-0.2, 0) is 35.5 Å². The van der Waals surface area contributed by atoms with E-state index in [1.807, 2.05) is 12.1 Å². The number of nitrogen functional groups attached to an aromatic ring is 1. The first-order valence-corrected chi connectivity index (χ1v) is 16.8. The second-order valence-electron chi connectivity index (χ2n) is 12.5. The molecule has 7 N–H and O–H groups in total. The van der Waals surface area contributed by atoms with Gasteiger partial charge in [0.25, 0.3) is 11.8 Å². The molecule has 2 aliphatic heterocycles. The number of nitrogens with zero attached hydrogens (tertiary/aromatic N) is 4. The zero-order valence-electron chi connectivity index (χ0n) is 25.7. The molecule has 2 amide bonds. The Bertz CT molecular complexity index is 1690. The van der Waals surface area contributed by atoms with Gasteiger partial charge in [-0.15, -0.1) is 15.6 Å². The molecule has 1 saturated heterocycles. The van der Waals surface area contributed by atoms with E-state index in [2.05, 4.69) is 31.7 Å². The van der Waals surface area contributed by atoms with Gasteiger partial charge in [0.1, 0.15) is 29.4 Å². The summed E-state index contributed by atoms with van der Waals surface area (Å²) in [6, 6.07) is 4.57. The highest BCUT2D eigenvalue weighted by atomic mass is 32.3. The van der Waals surface area contributed by atoms with Gasteiger partial charge in [-0.25, -0.2) is 4.98 Å². The van der Waals surface area contributed by atoms with Crippen LogP contribution >= 0.6 is 11.3 Å². The van der Waals surface area contributed by atoms with Gasteiger partial charge in [-0.2, -0.15) is 13.5 Å². The van der Waals surface area contributed by atoms with Crippen molar-refractivity contribution in [2.75, 3.05) is 12.3 Å². The van der Waals surface area contributed by atoms with Crippen molar-refractivity contribution in [3.63, 3.8) is 0 Å². The van der Waals surface area contributed by atoms with Crippen LogP contribution in [0.3, 0.4) is 0 Å². The third-order valence-electron chi connectivity index (χ3n) is 8.41. The van der Waals surface area contributed by atoms with Crippen molar-refractivity contribution in [3.8, 4) is 5.75 Å². The number of amidine groups is 1. The highest BCUT2D eigenvalue weighted by Gasteiger charge is 2.58. The maximum Gasteiger partial charge on any atom is 0.418 e. The summed E-state index contributed by atoms with van der Waals surface area (Å²) in [5.74, 6) is -0.101. The first-order chi connectivity index (χ1) is 21.5. The number of anilines is 1. The first-order valence-electron chi connectivity index (χ1n) is 14.5. The Morgan fingerprint density at radius 1 is 1.35 bits per heavy atom. The minimum atomic E-state index is -4.99. The van der Waals surface area contributed by atoms with Gasteiger partial charge in [0, 0.05) is 10.9 Å². The summed E-state index contributed by atoms with van der Waals surface area (Å²) in [6.45, 7) is 6.07. The minimum absolute atomic E-state index is 0.0361. The summed E-state index contributed by atoms with van der Waals surface area (Å²) < 4.78 is 41.9. The molecule has 3 aliphatic rings. The third-order valence-corrected chi connectivity index (χ3v) is 9.42. The number of aliphatic hydroxyl groups excluding tert-OH is 1. The van der Waals surface area contributed by atoms with Crippen LogP contribution in [0.2, 0.25) is 0 Å². The number of β-lactam (4-membered cyclic amide) rings is 1. The fourth-order valence-electron chi connectivity index (χ4n) is 5.57. The summed E-state index contributed by atoms with van der Waals surface area (Å²) in [7, 11) is -4.99. The van der Waals surface area contributed by atoms with Gasteiger partial charge < -0.3 is 31.5 Å². The lowest BCUT2D eigenvalue weighted by Gasteiger charge is -2.50. The minimum Gasteiger partial charge on any atom is -0.486 e. The van der Waals surface area contributed by atoms with E-state index < -0.39 is 52.1 Å². The van der Waals surface area contributed by atoms with Crippen LogP contribution in [0.5, 0.6) is 5.75 Å². The molecule has 16 nitrogen and oxygen atoms in total. The lowest BCUT2D eigenvalue weighted by atomic mass is 9.82. The second-order valence-corrected chi connectivity index (χ2v) is 14.4. The normalized spacial score (nSPS) is 25.8. The predicted octanol–water partition coefficient (Wildman–Crippen LogP) is 0.935. The van der Waals surface area contributed by atoms with Crippen LogP contribution in [0, 0.1) is 5.92 Å². The maximum atomic E-state index is 13.4. The number of benzene rings is 1. The molecule has 1 aromatic heterocycles. The van der Waals surface area contributed by atoms with Crippen molar-refractivity contribution >= 4 is 50.2 Å². The Morgan fingerprint density at radius 2 is 2.07 bits per heavy atom. The second kappa shape index (κ2) is 12.4. The molecular formula is C28H37N7O9S2. The molecule has 3 atom stereocenters. The van der Waals surface area contributed by atoms with Gasteiger partial charge in [0.05, 0.1) is 18.2 Å². The Kier molecular flexibility index (Phi) is 9.04. The van der Waals surface area contributed by atoms with E-state index in [0.717, 1.165) is 35.3 Å². The number of nitrogens with two attached hydrogens (primary N) is 2. The summed E-state index contributed by atoms with van der Waals surface area (Å²) >= 11 is 1.04. The quantitative estimate of drug-likeness (QED) is 0.0733. The van der Waals surface area contributed by atoms with Gasteiger partial charge >= 0.3 is 10.4 Å². The molecule has 18 heteroatoms. The number of nitrogens with one attached hydrogen (secondary N) is 1. The van der Waals surface area contributed by atoms with Crippen molar-refractivity contribution in [2.45, 2.75) is 82.7 Å². The topological polar surface area (TPSA) is 241 Å². The SMILES string of the molecule is CC1CC(N=C(N)c2ccc3c(c2)CC[C@H]([C@@](C)(CO)O/N=C(\C(=O)N[C@@H]2C(=O)N(OS(=O)(=O)O)C2(C)C)c2csc(N)n2)O3)C1. The van der Waals surface area contributed by atoms with Gasteiger partial charge in [-0.1, -0.05) is 12.1 Å². The summed E-state index contributed by atoms with van der Waals surface area (Å²) in [5.41, 5.74) is 10.7. The van der Waals surface area contributed by atoms with Crippen molar-refractivity contribution < 1.29 is 41.5 Å². The van der Waals surface area contributed by atoms with E-state index in [-0.39, 0.29) is 22.6 Å². The molecule has 0 spiro atoms. The number of oxime groups is 1. The van der Waals surface area contributed by atoms with Crippen LogP contribution in [0.15, 0.2) is 33.7 Å². The van der Waals surface area contributed by atoms with Crippen LogP contribution in [0.25, 0.3) is 0 Å². The zero-order chi connectivity index (χ0) is 33.6. The molecule has 1 aliphatic carbocycles. The number of hydroxylamine groups is 2. The smallest absolute Gasteiger partial charge is 0.418 e. The average Bonchev–Trinajstić information content (AvgIpc) is 3.42. The highest BCUT2D eigenvalue weighted by molar-refractivity contribution is 7.80. The molecule has 5 rings (SSSR count). The fraction of sp³-hybridized carbons (Fsp3) is 0.536.